The van der Waals surface area contributed by atoms with Crippen LogP contribution in [0, 0.1) is 0 Å². The first kappa shape index (κ1) is 16.6. The van der Waals surface area contributed by atoms with Crippen molar-refractivity contribution in [2.45, 2.75) is 38.6 Å². The Hall–Kier alpha value is -0.440. The van der Waals surface area contributed by atoms with Gasteiger partial charge in [-0.05, 0) is 31.4 Å². The highest BCUT2D eigenvalue weighted by atomic mass is 35.5. The molecular formula is C15H23Cl2NO. The third kappa shape index (κ3) is 3.56. The lowest BCUT2D eigenvalue weighted by molar-refractivity contribution is -0.893. The fourth-order valence-corrected chi connectivity index (χ4v) is 3.11. The van der Waals surface area contributed by atoms with Gasteiger partial charge in [0.25, 0.3) is 0 Å². The SMILES string of the molecule is CCCOc1ccc(Cl)c2c1CCCC2[NH+](C)C.[Cl-]. The number of nitrogens with one attached hydrogen (secondary N) is 1. The third-order valence-electron chi connectivity index (χ3n) is 3.69. The molecule has 1 aromatic rings. The maximum absolute atomic E-state index is 6.42. The number of benzene rings is 1. The van der Waals surface area contributed by atoms with E-state index in [1.165, 1.54) is 28.9 Å². The van der Waals surface area contributed by atoms with Crippen molar-refractivity contribution >= 4 is 11.6 Å². The lowest BCUT2D eigenvalue weighted by Gasteiger charge is -2.30. The van der Waals surface area contributed by atoms with E-state index < -0.39 is 0 Å². The van der Waals surface area contributed by atoms with Crippen molar-refractivity contribution in [3.8, 4) is 5.75 Å². The Morgan fingerprint density at radius 2 is 2.11 bits per heavy atom. The van der Waals surface area contributed by atoms with Gasteiger partial charge in [0.15, 0.2) is 0 Å². The normalized spacial score (nSPS) is 17.8. The average Bonchev–Trinajstić information content (AvgIpc) is 2.37. The van der Waals surface area contributed by atoms with Crippen molar-refractivity contribution in [1.29, 1.82) is 0 Å². The van der Waals surface area contributed by atoms with Crippen LogP contribution in [-0.2, 0) is 6.42 Å². The largest absolute Gasteiger partial charge is 1.00 e. The van der Waals surface area contributed by atoms with E-state index in [1.807, 2.05) is 12.1 Å². The predicted octanol–water partition coefficient (Wildman–Crippen LogP) is -0.345. The van der Waals surface area contributed by atoms with Crippen LogP contribution in [0.3, 0.4) is 0 Å². The van der Waals surface area contributed by atoms with E-state index in [0.29, 0.717) is 6.04 Å². The smallest absolute Gasteiger partial charge is 0.123 e. The Bertz CT molecular complexity index is 421. The van der Waals surface area contributed by atoms with E-state index in [4.69, 9.17) is 16.3 Å². The van der Waals surface area contributed by atoms with Crippen LogP contribution in [0.25, 0.3) is 0 Å². The molecule has 1 aromatic carbocycles. The van der Waals surface area contributed by atoms with Crippen LogP contribution in [0.15, 0.2) is 12.1 Å². The summed E-state index contributed by atoms with van der Waals surface area (Å²) in [6.45, 7) is 2.92. The molecule has 0 amide bonds. The standard InChI is InChI=1S/C15H22ClNO.ClH/c1-4-10-18-14-9-8-12(16)15-11(14)6-5-7-13(15)17(2)3;/h8-9,13H,4-7,10H2,1-3H3;1H. The Labute approximate surface area is 127 Å². The Morgan fingerprint density at radius 1 is 1.37 bits per heavy atom. The summed E-state index contributed by atoms with van der Waals surface area (Å²) in [5, 5.41) is 0.903. The van der Waals surface area contributed by atoms with Crippen LogP contribution in [-0.4, -0.2) is 20.7 Å². The number of rotatable bonds is 4. The van der Waals surface area contributed by atoms with Crippen molar-refractivity contribution in [2.75, 3.05) is 20.7 Å². The molecule has 0 bridgehead atoms. The van der Waals surface area contributed by atoms with Gasteiger partial charge >= 0.3 is 0 Å². The molecule has 1 N–H and O–H groups in total. The number of hydrogen-bond donors (Lipinski definition) is 1. The molecule has 0 aromatic heterocycles. The van der Waals surface area contributed by atoms with Gasteiger partial charge in [-0.15, -0.1) is 0 Å². The molecule has 0 radical (unpaired) electrons. The highest BCUT2D eigenvalue weighted by Gasteiger charge is 2.29. The zero-order chi connectivity index (χ0) is 13.1. The lowest BCUT2D eigenvalue weighted by Crippen LogP contribution is -3.06. The Kier molecular flexibility index (Phi) is 6.45. The van der Waals surface area contributed by atoms with Gasteiger partial charge in [0.2, 0.25) is 0 Å². The van der Waals surface area contributed by atoms with E-state index in [0.717, 1.165) is 30.2 Å². The molecular weight excluding hydrogens is 281 g/mol. The summed E-state index contributed by atoms with van der Waals surface area (Å²) in [6, 6.07) is 4.53. The molecule has 108 valence electrons. The molecule has 2 rings (SSSR count). The van der Waals surface area contributed by atoms with Crippen LogP contribution in [0.4, 0.5) is 0 Å². The van der Waals surface area contributed by atoms with E-state index in [-0.39, 0.29) is 12.4 Å². The van der Waals surface area contributed by atoms with Gasteiger partial charge in [0.1, 0.15) is 11.8 Å². The van der Waals surface area contributed by atoms with Crippen molar-refractivity contribution in [2.24, 2.45) is 0 Å². The van der Waals surface area contributed by atoms with Gasteiger partial charge in [-0.1, -0.05) is 18.5 Å². The van der Waals surface area contributed by atoms with Crippen molar-refractivity contribution < 1.29 is 22.0 Å². The van der Waals surface area contributed by atoms with Crippen molar-refractivity contribution in [1.82, 2.24) is 0 Å². The first-order valence-electron chi connectivity index (χ1n) is 6.89. The molecule has 0 saturated carbocycles. The molecule has 0 aliphatic heterocycles. The molecule has 1 aliphatic carbocycles. The summed E-state index contributed by atoms with van der Waals surface area (Å²) in [4.78, 5) is 1.45. The summed E-state index contributed by atoms with van der Waals surface area (Å²) in [5.41, 5.74) is 2.66. The second-order valence-electron chi connectivity index (χ2n) is 5.31. The highest BCUT2D eigenvalue weighted by molar-refractivity contribution is 6.31. The van der Waals surface area contributed by atoms with Gasteiger partial charge < -0.3 is 22.0 Å². The van der Waals surface area contributed by atoms with Crippen LogP contribution < -0.4 is 22.0 Å². The minimum atomic E-state index is 0. The van der Waals surface area contributed by atoms with Crippen LogP contribution >= 0.6 is 11.6 Å². The summed E-state index contributed by atoms with van der Waals surface area (Å²) in [5.74, 6) is 1.04. The second-order valence-corrected chi connectivity index (χ2v) is 5.72. The number of halogens is 2. The van der Waals surface area contributed by atoms with Gasteiger partial charge in [-0.3, -0.25) is 0 Å². The Balaban J connectivity index is 0.00000180. The monoisotopic (exact) mass is 303 g/mol. The Morgan fingerprint density at radius 3 is 2.74 bits per heavy atom. The number of quaternary nitrogens is 1. The summed E-state index contributed by atoms with van der Waals surface area (Å²) in [6.07, 6.45) is 4.58. The maximum atomic E-state index is 6.42. The van der Waals surface area contributed by atoms with E-state index in [1.54, 1.807) is 0 Å². The molecule has 0 spiro atoms. The molecule has 1 atom stereocenters. The first-order valence-corrected chi connectivity index (χ1v) is 7.27. The van der Waals surface area contributed by atoms with Gasteiger partial charge in [-0.2, -0.15) is 0 Å². The summed E-state index contributed by atoms with van der Waals surface area (Å²) < 4.78 is 5.87. The lowest BCUT2D eigenvalue weighted by atomic mass is 9.86. The molecule has 0 saturated heterocycles. The van der Waals surface area contributed by atoms with E-state index >= 15 is 0 Å². The number of hydrogen-bond acceptors (Lipinski definition) is 1. The predicted molar refractivity (Wildman–Crippen MR) is 75.7 cm³/mol. The maximum Gasteiger partial charge on any atom is 0.123 e. The second kappa shape index (κ2) is 7.37. The summed E-state index contributed by atoms with van der Waals surface area (Å²) >= 11 is 6.42. The minimum absolute atomic E-state index is 0. The third-order valence-corrected chi connectivity index (χ3v) is 4.02. The van der Waals surface area contributed by atoms with E-state index in [2.05, 4.69) is 21.0 Å². The number of ether oxygens (including phenoxy) is 1. The number of fused-ring (bicyclic) bond motifs is 1. The average molecular weight is 304 g/mol. The van der Waals surface area contributed by atoms with Gasteiger partial charge in [0, 0.05) is 17.5 Å². The molecule has 0 fully saturated rings. The fraction of sp³-hybridized carbons (Fsp3) is 0.600. The zero-order valence-electron chi connectivity index (χ0n) is 11.9. The molecule has 19 heavy (non-hydrogen) atoms. The zero-order valence-corrected chi connectivity index (χ0v) is 13.4. The molecule has 2 nitrogen and oxygen atoms in total. The molecule has 4 heteroatoms. The summed E-state index contributed by atoms with van der Waals surface area (Å²) in [7, 11) is 4.41. The first-order chi connectivity index (χ1) is 8.65. The van der Waals surface area contributed by atoms with Gasteiger partial charge in [0.05, 0.1) is 25.7 Å². The highest BCUT2D eigenvalue weighted by Crippen LogP contribution is 2.38. The fourth-order valence-electron chi connectivity index (χ4n) is 2.80. The molecule has 1 unspecified atom stereocenters. The van der Waals surface area contributed by atoms with Crippen LogP contribution in [0.1, 0.15) is 43.4 Å². The van der Waals surface area contributed by atoms with Crippen LogP contribution in [0.5, 0.6) is 5.75 Å². The van der Waals surface area contributed by atoms with Crippen molar-refractivity contribution in [3.63, 3.8) is 0 Å². The topological polar surface area (TPSA) is 13.7 Å². The molecule has 0 heterocycles. The van der Waals surface area contributed by atoms with Gasteiger partial charge in [-0.25, -0.2) is 0 Å². The minimum Gasteiger partial charge on any atom is -1.00 e. The molecule has 1 aliphatic rings. The quantitative estimate of drug-likeness (QED) is 0.803. The van der Waals surface area contributed by atoms with E-state index in [9.17, 15) is 0 Å². The van der Waals surface area contributed by atoms with Crippen LogP contribution in [0.2, 0.25) is 5.02 Å². The van der Waals surface area contributed by atoms with Crippen molar-refractivity contribution in [3.05, 3.63) is 28.3 Å².